The Bertz CT molecular complexity index is 502. The molecule has 1 saturated carbocycles. The molecule has 0 bridgehead atoms. The molecule has 1 aromatic carbocycles. The number of benzene rings is 1. The summed E-state index contributed by atoms with van der Waals surface area (Å²) in [6.07, 6.45) is 5.94. The second-order valence-corrected chi connectivity index (χ2v) is 6.23. The largest absolute Gasteiger partial charge is 0.469 e. The van der Waals surface area contributed by atoms with Crippen LogP contribution in [0.3, 0.4) is 0 Å². The van der Waals surface area contributed by atoms with E-state index in [2.05, 4.69) is 4.74 Å². The smallest absolute Gasteiger partial charge is 0.305 e. The Balaban J connectivity index is 2.05. The summed E-state index contributed by atoms with van der Waals surface area (Å²) in [5, 5.41) is 0. The molecule has 0 amide bonds. The quantitative estimate of drug-likeness (QED) is 0.647. The van der Waals surface area contributed by atoms with Crippen molar-refractivity contribution >= 4 is 12.3 Å². The Kier molecular flexibility index (Phi) is 5.72. The molecule has 0 saturated heterocycles. The molecule has 1 fully saturated rings. The molecular weight excluding hydrogens is 278 g/mol. The van der Waals surface area contributed by atoms with Crippen LogP contribution < -0.4 is 5.73 Å². The maximum atomic E-state index is 11.7. The van der Waals surface area contributed by atoms with Gasteiger partial charge in [0, 0.05) is 6.42 Å². The van der Waals surface area contributed by atoms with Gasteiger partial charge in [0.25, 0.3) is 0 Å². The van der Waals surface area contributed by atoms with E-state index in [9.17, 15) is 9.59 Å². The molecule has 0 spiro atoms. The Morgan fingerprint density at radius 2 is 1.95 bits per heavy atom. The summed E-state index contributed by atoms with van der Waals surface area (Å²) in [7, 11) is 1.40. The van der Waals surface area contributed by atoms with Gasteiger partial charge in [-0.1, -0.05) is 24.3 Å². The third-order valence-corrected chi connectivity index (χ3v) is 4.93. The lowest BCUT2D eigenvalue weighted by molar-refractivity contribution is -0.140. The average Bonchev–Trinajstić information content (AvgIpc) is 2.60. The molecule has 0 radical (unpaired) electrons. The van der Waals surface area contributed by atoms with Crippen LogP contribution in [-0.2, 0) is 26.2 Å². The summed E-state index contributed by atoms with van der Waals surface area (Å²) in [4.78, 5) is 22.9. The van der Waals surface area contributed by atoms with Gasteiger partial charge in [-0.25, -0.2) is 0 Å². The standard InChI is InChI=1S/C18H25NO3/c1-22-17(21)7-4-14-2-5-16(6-3-14)18(13-20)10-8-15(12-19)9-11-18/h2-3,5-6,13,15H,4,7-12,19H2,1H3. The van der Waals surface area contributed by atoms with Gasteiger partial charge >= 0.3 is 5.97 Å². The molecule has 4 heteroatoms. The van der Waals surface area contributed by atoms with E-state index in [1.54, 1.807) is 0 Å². The van der Waals surface area contributed by atoms with Gasteiger partial charge in [-0.3, -0.25) is 4.79 Å². The van der Waals surface area contributed by atoms with Crippen molar-refractivity contribution in [3.05, 3.63) is 35.4 Å². The topological polar surface area (TPSA) is 69.4 Å². The number of rotatable bonds is 6. The highest BCUT2D eigenvalue weighted by Crippen LogP contribution is 2.39. The molecule has 0 unspecified atom stereocenters. The highest BCUT2D eigenvalue weighted by molar-refractivity contribution is 5.70. The van der Waals surface area contributed by atoms with Gasteiger partial charge in [-0.05, 0) is 55.7 Å². The summed E-state index contributed by atoms with van der Waals surface area (Å²) in [6, 6.07) is 8.09. The van der Waals surface area contributed by atoms with Gasteiger partial charge in [-0.2, -0.15) is 0 Å². The van der Waals surface area contributed by atoms with Crippen LogP contribution in [0, 0.1) is 5.92 Å². The van der Waals surface area contributed by atoms with Crippen molar-refractivity contribution in [2.45, 2.75) is 43.9 Å². The van der Waals surface area contributed by atoms with E-state index in [4.69, 9.17) is 5.73 Å². The van der Waals surface area contributed by atoms with Gasteiger partial charge in [0.2, 0.25) is 0 Å². The molecule has 1 aliphatic rings. The summed E-state index contributed by atoms with van der Waals surface area (Å²) in [6.45, 7) is 0.710. The predicted octanol–water partition coefficient (Wildman–Crippen LogP) is 2.38. The van der Waals surface area contributed by atoms with Crippen molar-refractivity contribution in [2.75, 3.05) is 13.7 Å². The minimum absolute atomic E-state index is 0.200. The van der Waals surface area contributed by atoms with Crippen molar-refractivity contribution in [3.63, 3.8) is 0 Å². The number of carbonyl (C=O) groups excluding carboxylic acids is 2. The highest BCUT2D eigenvalue weighted by atomic mass is 16.5. The summed E-state index contributed by atoms with van der Waals surface area (Å²) in [5.74, 6) is 0.348. The number of hydrogen-bond acceptors (Lipinski definition) is 4. The van der Waals surface area contributed by atoms with Crippen LogP contribution in [-0.4, -0.2) is 25.9 Å². The zero-order valence-corrected chi connectivity index (χ0v) is 13.2. The summed E-state index contributed by atoms with van der Waals surface area (Å²) in [5.41, 5.74) is 7.55. The number of aryl methyl sites for hydroxylation is 1. The van der Waals surface area contributed by atoms with Crippen LogP contribution in [0.5, 0.6) is 0 Å². The number of aldehydes is 1. The predicted molar refractivity (Wildman–Crippen MR) is 85.5 cm³/mol. The number of carbonyl (C=O) groups is 2. The zero-order valence-electron chi connectivity index (χ0n) is 13.2. The average molecular weight is 303 g/mol. The maximum Gasteiger partial charge on any atom is 0.305 e. The second kappa shape index (κ2) is 7.54. The molecule has 0 atom stereocenters. The van der Waals surface area contributed by atoms with Crippen molar-refractivity contribution in [2.24, 2.45) is 11.7 Å². The minimum Gasteiger partial charge on any atom is -0.469 e. The van der Waals surface area contributed by atoms with E-state index in [-0.39, 0.29) is 11.4 Å². The van der Waals surface area contributed by atoms with Crippen molar-refractivity contribution < 1.29 is 14.3 Å². The van der Waals surface area contributed by atoms with Gasteiger partial charge < -0.3 is 15.3 Å². The number of ether oxygens (including phenoxy) is 1. The second-order valence-electron chi connectivity index (χ2n) is 6.23. The molecule has 0 aliphatic heterocycles. The first-order valence-electron chi connectivity index (χ1n) is 7.96. The first-order valence-corrected chi connectivity index (χ1v) is 7.96. The molecule has 2 N–H and O–H groups in total. The molecule has 22 heavy (non-hydrogen) atoms. The normalized spacial score (nSPS) is 24.7. The number of nitrogens with two attached hydrogens (primary N) is 1. The minimum atomic E-state index is -0.355. The number of esters is 1. The SMILES string of the molecule is COC(=O)CCc1ccc(C2(C=O)CCC(CN)CC2)cc1. The first kappa shape index (κ1) is 16.7. The lowest BCUT2D eigenvalue weighted by Crippen LogP contribution is -2.35. The van der Waals surface area contributed by atoms with E-state index in [0.717, 1.165) is 43.1 Å². The zero-order chi connectivity index (χ0) is 16.0. The fourth-order valence-corrected chi connectivity index (χ4v) is 3.25. The monoisotopic (exact) mass is 303 g/mol. The van der Waals surface area contributed by atoms with E-state index < -0.39 is 0 Å². The van der Waals surface area contributed by atoms with Crippen LogP contribution in [0.25, 0.3) is 0 Å². The van der Waals surface area contributed by atoms with Crippen LogP contribution in [0.1, 0.15) is 43.2 Å². The fourth-order valence-electron chi connectivity index (χ4n) is 3.25. The maximum absolute atomic E-state index is 11.7. The Morgan fingerprint density at radius 3 is 2.45 bits per heavy atom. The van der Waals surface area contributed by atoms with Crippen LogP contribution in [0.4, 0.5) is 0 Å². The molecule has 2 rings (SSSR count). The lowest BCUT2D eigenvalue weighted by atomic mass is 9.67. The number of methoxy groups -OCH3 is 1. The molecular formula is C18H25NO3. The molecule has 120 valence electrons. The van der Waals surface area contributed by atoms with Gasteiger partial charge in [0.1, 0.15) is 6.29 Å². The third-order valence-electron chi connectivity index (χ3n) is 4.93. The Morgan fingerprint density at radius 1 is 1.32 bits per heavy atom. The fraction of sp³-hybridized carbons (Fsp3) is 0.556. The Hall–Kier alpha value is -1.68. The van der Waals surface area contributed by atoms with Gasteiger partial charge in [0.05, 0.1) is 12.5 Å². The number of hydrogen-bond donors (Lipinski definition) is 1. The van der Waals surface area contributed by atoms with Crippen molar-refractivity contribution in [3.8, 4) is 0 Å². The molecule has 0 aromatic heterocycles. The summed E-state index contributed by atoms with van der Waals surface area (Å²) >= 11 is 0. The van der Waals surface area contributed by atoms with E-state index in [0.29, 0.717) is 25.3 Å². The van der Waals surface area contributed by atoms with Crippen LogP contribution in [0.2, 0.25) is 0 Å². The van der Waals surface area contributed by atoms with E-state index >= 15 is 0 Å². The molecule has 0 heterocycles. The lowest BCUT2D eigenvalue weighted by Gasteiger charge is -2.36. The third kappa shape index (κ3) is 3.74. The highest BCUT2D eigenvalue weighted by Gasteiger charge is 2.36. The van der Waals surface area contributed by atoms with Gasteiger partial charge in [-0.15, -0.1) is 0 Å². The van der Waals surface area contributed by atoms with Crippen molar-refractivity contribution in [1.82, 2.24) is 0 Å². The molecule has 4 nitrogen and oxygen atoms in total. The van der Waals surface area contributed by atoms with Crippen molar-refractivity contribution in [1.29, 1.82) is 0 Å². The molecule has 1 aliphatic carbocycles. The van der Waals surface area contributed by atoms with E-state index in [1.807, 2.05) is 24.3 Å². The van der Waals surface area contributed by atoms with E-state index in [1.165, 1.54) is 7.11 Å². The van der Waals surface area contributed by atoms with Crippen LogP contribution >= 0.6 is 0 Å². The summed E-state index contributed by atoms with van der Waals surface area (Å²) < 4.78 is 4.65. The van der Waals surface area contributed by atoms with Crippen LogP contribution in [0.15, 0.2) is 24.3 Å². The Labute approximate surface area is 132 Å². The first-order chi connectivity index (χ1) is 10.6. The molecule has 1 aromatic rings. The van der Waals surface area contributed by atoms with Gasteiger partial charge in [0.15, 0.2) is 0 Å².